The van der Waals surface area contributed by atoms with Crippen LogP contribution in [0, 0.1) is 6.92 Å². The molecule has 0 bridgehead atoms. The van der Waals surface area contributed by atoms with Crippen LogP contribution in [0.2, 0.25) is 0 Å². The fourth-order valence-electron chi connectivity index (χ4n) is 4.23. The van der Waals surface area contributed by atoms with E-state index in [1.165, 1.54) is 0 Å². The lowest BCUT2D eigenvalue weighted by Crippen LogP contribution is -2.50. The Morgan fingerprint density at radius 3 is 2.34 bits per heavy atom. The van der Waals surface area contributed by atoms with E-state index in [-0.39, 0.29) is 17.9 Å². The van der Waals surface area contributed by atoms with E-state index >= 15 is 0 Å². The van der Waals surface area contributed by atoms with Gasteiger partial charge in [0.15, 0.2) is 6.61 Å². The number of aromatic nitrogens is 2. The molecule has 4 rings (SSSR count). The third-order valence-electron chi connectivity index (χ3n) is 6.20. The highest BCUT2D eigenvalue weighted by Crippen LogP contribution is 2.34. The first-order chi connectivity index (χ1) is 16.7. The molecule has 3 aromatic rings. The minimum Gasteiger partial charge on any atom is -0.497 e. The molecule has 184 valence electrons. The number of hydrogen-bond donors (Lipinski definition) is 0. The number of amides is 1. The Morgan fingerprint density at radius 1 is 0.971 bits per heavy atom. The van der Waals surface area contributed by atoms with Crippen LogP contribution in [-0.2, 0) is 10.2 Å². The van der Waals surface area contributed by atoms with Gasteiger partial charge in [0.25, 0.3) is 5.91 Å². The molecule has 1 fully saturated rings. The summed E-state index contributed by atoms with van der Waals surface area (Å²) in [6.45, 7) is 11.0. The second-order valence-electron chi connectivity index (χ2n) is 9.79. The Morgan fingerprint density at radius 2 is 1.69 bits per heavy atom. The van der Waals surface area contributed by atoms with Gasteiger partial charge in [-0.1, -0.05) is 51.1 Å². The Labute approximate surface area is 207 Å². The summed E-state index contributed by atoms with van der Waals surface area (Å²) in [5, 5.41) is 0. The molecule has 1 amide bonds. The van der Waals surface area contributed by atoms with Crippen LogP contribution >= 0.6 is 0 Å². The molecule has 35 heavy (non-hydrogen) atoms. The summed E-state index contributed by atoms with van der Waals surface area (Å²) in [4.78, 5) is 26.3. The molecule has 1 saturated heterocycles. The lowest BCUT2D eigenvalue weighted by atomic mass is 9.86. The first-order valence-corrected chi connectivity index (χ1v) is 12.0. The lowest BCUT2D eigenvalue weighted by Gasteiger charge is -2.35. The van der Waals surface area contributed by atoms with Gasteiger partial charge in [-0.25, -0.2) is 9.97 Å². The SMILES string of the molecule is COc1ccc(OCC(=O)N2CCN(c3cc(-c4ccccc4)nc(C)n3)CC2)c(C(C)(C)C)c1. The van der Waals surface area contributed by atoms with Gasteiger partial charge in [0.1, 0.15) is 23.1 Å². The standard InChI is InChI=1S/C28H34N4O3/c1-20-29-24(21-9-7-6-8-10-21)18-26(30-20)31-13-15-32(16-14-31)27(33)19-35-25-12-11-22(34-5)17-23(25)28(2,3)4/h6-12,17-18H,13-16,19H2,1-5H3. The number of ether oxygens (including phenoxy) is 2. The first kappa shape index (κ1) is 24.5. The van der Waals surface area contributed by atoms with Crippen molar-refractivity contribution in [1.29, 1.82) is 0 Å². The smallest absolute Gasteiger partial charge is 0.260 e. The highest BCUT2D eigenvalue weighted by molar-refractivity contribution is 5.78. The third-order valence-corrected chi connectivity index (χ3v) is 6.20. The van der Waals surface area contributed by atoms with Crippen molar-refractivity contribution in [3.63, 3.8) is 0 Å². The van der Waals surface area contributed by atoms with E-state index in [9.17, 15) is 4.79 Å². The minimum absolute atomic E-state index is 0.0100. The van der Waals surface area contributed by atoms with Gasteiger partial charge in [-0.2, -0.15) is 0 Å². The van der Waals surface area contributed by atoms with Crippen LogP contribution in [0.4, 0.5) is 5.82 Å². The predicted octanol–water partition coefficient (Wildman–Crippen LogP) is 4.49. The van der Waals surface area contributed by atoms with Crippen LogP contribution in [0.15, 0.2) is 54.6 Å². The summed E-state index contributed by atoms with van der Waals surface area (Å²) in [5.41, 5.74) is 2.86. The zero-order valence-corrected chi connectivity index (χ0v) is 21.2. The number of piperazine rings is 1. The summed E-state index contributed by atoms with van der Waals surface area (Å²) in [7, 11) is 1.65. The maximum absolute atomic E-state index is 12.9. The molecular formula is C28H34N4O3. The van der Waals surface area contributed by atoms with Crippen molar-refractivity contribution in [2.45, 2.75) is 33.1 Å². The summed E-state index contributed by atoms with van der Waals surface area (Å²) in [6.07, 6.45) is 0. The molecule has 2 heterocycles. The molecule has 0 radical (unpaired) electrons. The molecule has 2 aromatic carbocycles. The zero-order valence-electron chi connectivity index (χ0n) is 21.2. The lowest BCUT2D eigenvalue weighted by molar-refractivity contribution is -0.133. The molecule has 7 nitrogen and oxygen atoms in total. The molecule has 1 aromatic heterocycles. The number of carbonyl (C=O) groups excluding carboxylic acids is 1. The van der Waals surface area contributed by atoms with Gasteiger partial charge >= 0.3 is 0 Å². The van der Waals surface area contributed by atoms with Crippen molar-refractivity contribution in [2.24, 2.45) is 0 Å². The van der Waals surface area contributed by atoms with Gasteiger partial charge in [0.05, 0.1) is 12.8 Å². The van der Waals surface area contributed by atoms with E-state index in [0.29, 0.717) is 26.2 Å². The molecular weight excluding hydrogens is 440 g/mol. The highest BCUT2D eigenvalue weighted by Gasteiger charge is 2.25. The Bertz CT molecular complexity index is 1170. The van der Waals surface area contributed by atoms with Crippen molar-refractivity contribution in [3.8, 4) is 22.8 Å². The van der Waals surface area contributed by atoms with Gasteiger partial charge in [-0.05, 0) is 30.5 Å². The molecule has 0 unspecified atom stereocenters. The van der Waals surface area contributed by atoms with Crippen molar-refractivity contribution in [3.05, 3.63) is 66.0 Å². The first-order valence-electron chi connectivity index (χ1n) is 12.0. The van der Waals surface area contributed by atoms with Gasteiger partial charge in [0.2, 0.25) is 0 Å². The molecule has 7 heteroatoms. The van der Waals surface area contributed by atoms with Crippen LogP contribution in [0.3, 0.4) is 0 Å². The fraction of sp³-hybridized carbons (Fsp3) is 0.393. The van der Waals surface area contributed by atoms with Crippen LogP contribution in [0.25, 0.3) is 11.3 Å². The van der Waals surface area contributed by atoms with Gasteiger partial charge in [0, 0.05) is 43.4 Å². The quantitative estimate of drug-likeness (QED) is 0.525. The zero-order chi connectivity index (χ0) is 25.0. The van der Waals surface area contributed by atoms with Crippen molar-refractivity contribution < 1.29 is 14.3 Å². The highest BCUT2D eigenvalue weighted by atomic mass is 16.5. The van der Waals surface area contributed by atoms with E-state index in [2.05, 4.69) is 47.8 Å². The van der Waals surface area contributed by atoms with Gasteiger partial charge < -0.3 is 19.3 Å². The van der Waals surface area contributed by atoms with Crippen LogP contribution < -0.4 is 14.4 Å². The molecule has 0 N–H and O–H groups in total. The van der Waals surface area contributed by atoms with Crippen LogP contribution in [0.1, 0.15) is 32.2 Å². The normalized spacial score (nSPS) is 14.1. The van der Waals surface area contributed by atoms with E-state index in [4.69, 9.17) is 9.47 Å². The summed E-state index contributed by atoms with van der Waals surface area (Å²) >= 11 is 0. The number of benzene rings is 2. The number of anilines is 1. The minimum atomic E-state index is -0.132. The fourth-order valence-corrected chi connectivity index (χ4v) is 4.23. The van der Waals surface area contributed by atoms with E-state index < -0.39 is 0 Å². The Hall–Kier alpha value is -3.61. The monoisotopic (exact) mass is 474 g/mol. The maximum atomic E-state index is 12.9. The largest absolute Gasteiger partial charge is 0.497 e. The van der Waals surface area contributed by atoms with Crippen LogP contribution in [-0.4, -0.2) is 60.7 Å². The number of carbonyl (C=O) groups is 1. The molecule has 0 spiro atoms. The number of nitrogens with zero attached hydrogens (tertiary/aromatic N) is 4. The van der Waals surface area contributed by atoms with Crippen molar-refractivity contribution in [1.82, 2.24) is 14.9 Å². The average Bonchev–Trinajstić information content (AvgIpc) is 2.87. The second kappa shape index (κ2) is 10.3. The van der Waals surface area contributed by atoms with Gasteiger partial charge in [-0.15, -0.1) is 0 Å². The van der Waals surface area contributed by atoms with Crippen molar-refractivity contribution >= 4 is 11.7 Å². The number of methoxy groups -OCH3 is 1. The van der Waals surface area contributed by atoms with Gasteiger partial charge in [-0.3, -0.25) is 4.79 Å². The van der Waals surface area contributed by atoms with E-state index in [1.54, 1.807) is 7.11 Å². The average molecular weight is 475 g/mol. The number of aryl methyl sites for hydroxylation is 1. The molecule has 0 atom stereocenters. The predicted molar refractivity (Wildman–Crippen MR) is 138 cm³/mol. The summed E-state index contributed by atoms with van der Waals surface area (Å²) in [5.74, 6) is 3.12. The summed E-state index contributed by atoms with van der Waals surface area (Å²) in [6, 6.07) is 17.9. The summed E-state index contributed by atoms with van der Waals surface area (Å²) < 4.78 is 11.4. The van der Waals surface area contributed by atoms with Crippen molar-refractivity contribution in [2.75, 3.05) is 44.8 Å². The number of rotatable bonds is 6. The second-order valence-corrected chi connectivity index (χ2v) is 9.79. The van der Waals surface area contributed by atoms with E-state index in [1.807, 2.05) is 54.3 Å². The Balaban J connectivity index is 1.38. The Kier molecular flexibility index (Phi) is 7.24. The molecule has 1 aliphatic heterocycles. The van der Waals surface area contributed by atoms with Crippen LogP contribution in [0.5, 0.6) is 11.5 Å². The maximum Gasteiger partial charge on any atom is 0.260 e. The molecule has 1 aliphatic rings. The number of hydrogen-bond acceptors (Lipinski definition) is 6. The molecule has 0 aliphatic carbocycles. The third kappa shape index (κ3) is 5.91. The van der Waals surface area contributed by atoms with E-state index in [0.717, 1.165) is 40.0 Å². The topological polar surface area (TPSA) is 67.8 Å². The molecule has 0 saturated carbocycles.